The van der Waals surface area contributed by atoms with Gasteiger partial charge in [-0.15, -0.1) is 0 Å². The highest BCUT2D eigenvalue weighted by atomic mass is 35.5. The van der Waals surface area contributed by atoms with E-state index in [0.29, 0.717) is 59.6 Å². The van der Waals surface area contributed by atoms with E-state index in [9.17, 15) is 4.39 Å². The minimum Gasteiger partial charge on any atom is -0.371 e. The van der Waals surface area contributed by atoms with Crippen molar-refractivity contribution in [2.24, 2.45) is 0 Å². The Morgan fingerprint density at radius 3 is 2.79 bits per heavy atom. The zero-order chi connectivity index (χ0) is 20.4. The number of anilines is 1. The Hall–Kier alpha value is -2.29. The van der Waals surface area contributed by atoms with E-state index in [1.54, 1.807) is 12.1 Å². The Morgan fingerprint density at radius 1 is 1.24 bits per heavy atom. The van der Waals surface area contributed by atoms with Crippen LogP contribution in [0.15, 0.2) is 28.9 Å². The van der Waals surface area contributed by atoms with Gasteiger partial charge in [-0.2, -0.15) is 4.98 Å². The summed E-state index contributed by atoms with van der Waals surface area (Å²) in [6, 6.07) is 5.27. The molecule has 4 rings (SSSR count). The lowest BCUT2D eigenvalue weighted by Gasteiger charge is -2.35. The topological polar surface area (TPSA) is 67.5 Å². The molecule has 0 aliphatic carbocycles. The fourth-order valence-electron chi connectivity index (χ4n) is 3.54. The fourth-order valence-corrected chi connectivity index (χ4v) is 3.75. The van der Waals surface area contributed by atoms with Crippen molar-refractivity contribution < 1.29 is 13.7 Å². The van der Waals surface area contributed by atoms with Gasteiger partial charge in [-0.3, -0.25) is 9.88 Å². The Kier molecular flexibility index (Phi) is 5.94. The van der Waals surface area contributed by atoms with Crippen LogP contribution >= 0.6 is 11.6 Å². The summed E-state index contributed by atoms with van der Waals surface area (Å²) < 4.78 is 25.8. The van der Waals surface area contributed by atoms with E-state index in [1.807, 2.05) is 24.8 Å². The third kappa shape index (κ3) is 4.19. The standard InChI is InChI=1S/C20H23ClFN5O2/c1-3-28-13(2)20-24-17(29-25-20)12-26-8-10-27(11-9-26)16-5-4-14-15(21)6-7-23-19(14)18(16)22/h4-7,13H,3,8-12H2,1-2H3. The molecule has 0 amide bonds. The number of benzene rings is 1. The van der Waals surface area contributed by atoms with Gasteiger partial charge in [0.2, 0.25) is 5.89 Å². The van der Waals surface area contributed by atoms with Crippen LogP contribution in [-0.2, 0) is 11.3 Å². The highest BCUT2D eigenvalue weighted by molar-refractivity contribution is 6.35. The Labute approximate surface area is 173 Å². The quantitative estimate of drug-likeness (QED) is 0.601. The number of aromatic nitrogens is 3. The summed E-state index contributed by atoms with van der Waals surface area (Å²) in [5.41, 5.74) is 0.858. The second-order valence-electron chi connectivity index (χ2n) is 6.99. The number of nitrogens with zero attached hydrogens (tertiary/aromatic N) is 5. The van der Waals surface area contributed by atoms with Gasteiger partial charge in [-0.25, -0.2) is 4.39 Å². The lowest BCUT2D eigenvalue weighted by molar-refractivity contribution is 0.0683. The number of pyridine rings is 1. The zero-order valence-corrected chi connectivity index (χ0v) is 17.2. The van der Waals surface area contributed by atoms with E-state index in [4.69, 9.17) is 20.9 Å². The second-order valence-corrected chi connectivity index (χ2v) is 7.40. The van der Waals surface area contributed by atoms with E-state index in [1.165, 1.54) is 6.20 Å². The van der Waals surface area contributed by atoms with Crippen LogP contribution in [0.2, 0.25) is 5.02 Å². The average Bonchev–Trinajstić information content (AvgIpc) is 3.19. The molecule has 1 aliphatic heterocycles. The Balaban J connectivity index is 1.40. The van der Waals surface area contributed by atoms with Crippen molar-refractivity contribution in [3.8, 4) is 0 Å². The van der Waals surface area contributed by atoms with Crippen LogP contribution in [0.3, 0.4) is 0 Å². The number of ether oxygens (including phenoxy) is 1. The lowest BCUT2D eigenvalue weighted by atomic mass is 10.1. The van der Waals surface area contributed by atoms with Crippen molar-refractivity contribution >= 4 is 28.2 Å². The summed E-state index contributed by atoms with van der Waals surface area (Å²) in [6.45, 7) is 7.91. The molecule has 1 saturated heterocycles. The van der Waals surface area contributed by atoms with E-state index in [-0.39, 0.29) is 11.9 Å². The molecule has 0 N–H and O–H groups in total. The minimum absolute atomic E-state index is 0.188. The molecule has 3 aromatic rings. The van der Waals surface area contributed by atoms with Crippen molar-refractivity contribution in [2.75, 3.05) is 37.7 Å². The number of hydrogen-bond acceptors (Lipinski definition) is 7. The molecule has 3 heterocycles. The van der Waals surface area contributed by atoms with Gasteiger partial charge >= 0.3 is 0 Å². The van der Waals surface area contributed by atoms with Crippen molar-refractivity contribution in [3.63, 3.8) is 0 Å². The molecule has 29 heavy (non-hydrogen) atoms. The Morgan fingerprint density at radius 2 is 2.03 bits per heavy atom. The summed E-state index contributed by atoms with van der Waals surface area (Å²) in [5.74, 6) is 0.797. The lowest BCUT2D eigenvalue weighted by Crippen LogP contribution is -2.46. The first-order chi connectivity index (χ1) is 14.1. The molecule has 0 saturated carbocycles. The number of piperazine rings is 1. The van der Waals surface area contributed by atoms with Crippen LogP contribution in [-0.4, -0.2) is 52.8 Å². The van der Waals surface area contributed by atoms with Crippen LogP contribution in [0, 0.1) is 5.82 Å². The summed E-state index contributed by atoms with van der Waals surface area (Å²) in [6.07, 6.45) is 1.34. The van der Waals surface area contributed by atoms with Gasteiger partial charge in [0.05, 0.1) is 17.3 Å². The molecule has 1 aliphatic rings. The summed E-state index contributed by atoms with van der Waals surface area (Å²) >= 11 is 6.15. The molecule has 7 nitrogen and oxygen atoms in total. The highest BCUT2D eigenvalue weighted by Gasteiger charge is 2.23. The normalized spacial score (nSPS) is 16.5. The summed E-state index contributed by atoms with van der Waals surface area (Å²) in [7, 11) is 0. The predicted molar refractivity (Wildman–Crippen MR) is 109 cm³/mol. The number of halogens is 2. The maximum absolute atomic E-state index is 15.0. The van der Waals surface area contributed by atoms with E-state index < -0.39 is 0 Å². The highest BCUT2D eigenvalue weighted by Crippen LogP contribution is 2.30. The van der Waals surface area contributed by atoms with Crippen LogP contribution < -0.4 is 4.90 Å². The van der Waals surface area contributed by atoms with Crippen LogP contribution in [0.25, 0.3) is 10.9 Å². The first kappa shape index (κ1) is 20.0. The first-order valence-corrected chi connectivity index (χ1v) is 10.1. The molecule has 1 aromatic carbocycles. The third-order valence-electron chi connectivity index (χ3n) is 5.11. The van der Waals surface area contributed by atoms with Crippen LogP contribution in [0.4, 0.5) is 10.1 Å². The van der Waals surface area contributed by atoms with Crippen LogP contribution in [0.1, 0.15) is 31.7 Å². The molecule has 1 atom stereocenters. The second kappa shape index (κ2) is 8.61. The van der Waals surface area contributed by atoms with Gasteiger partial charge in [-0.05, 0) is 32.0 Å². The van der Waals surface area contributed by atoms with Crippen molar-refractivity contribution in [1.29, 1.82) is 0 Å². The monoisotopic (exact) mass is 419 g/mol. The average molecular weight is 420 g/mol. The number of hydrogen-bond donors (Lipinski definition) is 0. The SMILES string of the molecule is CCOC(C)c1noc(CN2CCN(c3ccc4c(Cl)ccnc4c3F)CC2)n1. The van der Waals surface area contributed by atoms with E-state index in [0.717, 1.165) is 13.1 Å². The summed E-state index contributed by atoms with van der Waals surface area (Å²) in [5, 5.41) is 5.12. The van der Waals surface area contributed by atoms with E-state index in [2.05, 4.69) is 20.0 Å². The van der Waals surface area contributed by atoms with Crippen molar-refractivity contribution in [3.05, 3.63) is 47.0 Å². The number of fused-ring (bicyclic) bond motifs is 1. The molecule has 0 radical (unpaired) electrons. The molecular formula is C20H23ClFN5O2. The predicted octanol–water partition coefficient (Wildman–Crippen LogP) is 3.83. The molecule has 154 valence electrons. The van der Waals surface area contributed by atoms with Gasteiger partial charge in [0.15, 0.2) is 11.6 Å². The maximum Gasteiger partial charge on any atom is 0.240 e. The largest absolute Gasteiger partial charge is 0.371 e. The summed E-state index contributed by atoms with van der Waals surface area (Å²) in [4.78, 5) is 12.8. The van der Waals surface area contributed by atoms with Gasteiger partial charge in [0.25, 0.3) is 0 Å². The van der Waals surface area contributed by atoms with Gasteiger partial charge in [-0.1, -0.05) is 16.8 Å². The van der Waals surface area contributed by atoms with Crippen LogP contribution in [0.5, 0.6) is 0 Å². The van der Waals surface area contributed by atoms with Gasteiger partial charge < -0.3 is 14.2 Å². The van der Waals surface area contributed by atoms with Crippen molar-refractivity contribution in [2.45, 2.75) is 26.5 Å². The molecule has 1 fully saturated rings. The van der Waals surface area contributed by atoms with Gasteiger partial charge in [0, 0.05) is 44.4 Å². The fraction of sp³-hybridized carbons (Fsp3) is 0.450. The Bertz CT molecular complexity index is 990. The molecule has 9 heteroatoms. The first-order valence-electron chi connectivity index (χ1n) is 9.71. The smallest absolute Gasteiger partial charge is 0.240 e. The maximum atomic E-state index is 15.0. The van der Waals surface area contributed by atoms with Crippen molar-refractivity contribution in [1.82, 2.24) is 20.0 Å². The molecule has 2 aromatic heterocycles. The molecule has 0 spiro atoms. The molecule has 0 bridgehead atoms. The third-order valence-corrected chi connectivity index (χ3v) is 5.44. The van der Waals surface area contributed by atoms with Gasteiger partial charge in [0.1, 0.15) is 11.6 Å². The van der Waals surface area contributed by atoms with E-state index >= 15 is 0 Å². The minimum atomic E-state index is -0.329. The number of rotatable bonds is 6. The zero-order valence-electron chi connectivity index (χ0n) is 16.4. The molecular weight excluding hydrogens is 397 g/mol. The molecule has 1 unspecified atom stereocenters.